The van der Waals surface area contributed by atoms with E-state index in [1.54, 1.807) is 64.0 Å². The van der Waals surface area contributed by atoms with Crippen LogP contribution >= 0.6 is 15.9 Å². The minimum absolute atomic E-state index is 0. The van der Waals surface area contributed by atoms with E-state index in [4.69, 9.17) is 72.8 Å². The standard InChI is InChI=1S/C32H50N2O7.C27H42N2O4.C27H38N2O4.C9H18O4.C6H11BrO2.C5H10O4.C3H8O2.Na.H2O/c1-24(2)32(23-33-31(37)22-41-17-16-38-4,28-10-9-26(20-35)27(19-28)21-36)13-7-14-34(3)15-12-25-8-11-29(39-5)30(18-25)40-6;2*1-20(2)27(19-28,24-9-8-22(17-30)23(16-24)18-31)12-6-13-29(3)14-11-21-7-10-25(32-4)26(15-21)33-5;1-9(2,3)13-8(10)7-12-6-5-11-4;1-6(2,3)9-5(8)4-7;1-8-2-3-9-4-5(6)7;1-5-3-2-4;;/h8-11,18-19,24,35-36H,7,12-17,20-23H2,1-6H3,(H,33,37);7-10,15-16,20,30-31H,6,11-14,17-19,28H2,1-5H3;7-10,15-16,20,30-31H,6,11-14,17-18H2,1-5H3;5-7H2,1-4H3;4H2,1-3H3;2-4H2,1H3,(H,6,7);4H,2-3H2,1H3;;1H2/q;;;;;;;+1;/p-1. The van der Waals surface area contributed by atoms with E-state index in [1.807, 2.05) is 126 Å². The molecule has 6 aromatic carbocycles. The summed E-state index contributed by atoms with van der Waals surface area (Å²) in [5, 5.41) is 87.8. The van der Waals surface area contributed by atoms with E-state index in [-0.39, 0.29) is 153 Å². The number of carboxylic acid groups (broad SMARTS) is 1. The molecule has 0 saturated heterocycles. The monoisotopic (exact) mass is 2120 g/mol. The Morgan fingerprint density at radius 1 is 0.407 bits per heavy atom. The third-order valence-electron chi connectivity index (χ3n) is 24.0. The van der Waals surface area contributed by atoms with Crippen molar-refractivity contribution >= 4 is 39.7 Å². The molecule has 3 unspecified atom stereocenters. The van der Waals surface area contributed by atoms with Crippen LogP contribution in [0.25, 0.3) is 0 Å². The molecule has 0 fully saturated rings. The fourth-order valence-electron chi connectivity index (χ4n) is 15.5. The Morgan fingerprint density at radius 2 is 0.731 bits per heavy atom. The van der Waals surface area contributed by atoms with Gasteiger partial charge in [-0.1, -0.05) is 130 Å². The van der Waals surface area contributed by atoms with Crippen LogP contribution in [0.4, 0.5) is 0 Å². The number of halogens is 1. The maximum atomic E-state index is 12.6. The Labute approximate surface area is 895 Å². The first-order valence-corrected chi connectivity index (χ1v) is 49.7. The number of nitrogens with two attached hydrogens (primary N) is 1. The number of aliphatic hydroxyl groups excluding tert-OH is 7. The van der Waals surface area contributed by atoms with Gasteiger partial charge in [-0.05, 0) is 261 Å². The van der Waals surface area contributed by atoms with Crippen LogP contribution in [0.1, 0.15) is 188 Å². The SMILES string of the molecule is CC(C)(C)OC(=O)CBr.COCCO.COCCOCC(=O)NCC(CCCN(C)CCc1ccc(OC)c(OC)c1)(c1ccc(CO)c(CO)c1)C(C)C.COCCOCC(=O)O.COCCOCC(=O)OC(C)(C)C.COc1ccc(CCN(C)CCCC(C#N)(c2ccc(CO)c(CO)c2)C(C)C)cc1OC.COc1ccc(CCN(C)CCCC(CN)(c2ccc(CO)c(CO)c2)C(C)C)cc1OC.[Na+].[OH-]. The molecule has 0 aliphatic rings. The van der Waals surface area contributed by atoms with Gasteiger partial charge in [-0.3, -0.25) is 9.59 Å². The number of aliphatic hydroxyl groups is 7. The van der Waals surface area contributed by atoms with E-state index in [1.165, 1.54) is 23.8 Å². The average Bonchev–Trinajstić information content (AvgIpc) is 0.793. The number of rotatable bonds is 60. The van der Waals surface area contributed by atoms with Crippen LogP contribution in [-0.2, 0) is 137 Å². The Morgan fingerprint density at radius 3 is 1.02 bits per heavy atom. The molecule has 0 aliphatic carbocycles. The molecule has 0 aromatic heterocycles. The number of ether oxygens (including phenoxy) is 15. The summed E-state index contributed by atoms with van der Waals surface area (Å²) in [5.41, 5.74) is 15.4. The summed E-state index contributed by atoms with van der Waals surface area (Å²) in [6, 6.07) is 38.2. The number of amides is 1. The van der Waals surface area contributed by atoms with Gasteiger partial charge in [0.25, 0.3) is 0 Å². The van der Waals surface area contributed by atoms with Gasteiger partial charge in [-0.15, -0.1) is 0 Å². The van der Waals surface area contributed by atoms with Gasteiger partial charge in [0, 0.05) is 72.0 Å². The number of nitrogens with one attached hydrogen (secondary N) is 1. The zero-order valence-corrected chi connectivity index (χ0v) is 95.5. The number of esters is 2. The summed E-state index contributed by atoms with van der Waals surface area (Å²) in [6.07, 6.45) is 8.05. The fourth-order valence-corrected chi connectivity index (χ4v) is 15.6. The molecule has 0 bridgehead atoms. The number of carbonyl (C=O) groups excluding carboxylic acids is 3. The summed E-state index contributed by atoms with van der Waals surface area (Å²) >= 11 is 2.99. The van der Waals surface area contributed by atoms with Crippen molar-refractivity contribution in [3.8, 4) is 40.6 Å². The minimum atomic E-state index is -0.953. The molecule has 3 atom stereocenters. The van der Waals surface area contributed by atoms with Crippen molar-refractivity contribution in [1.82, 2.24) is 20.0 Å². The Balaban J connectivity index is -0.00000177. The van der Waals surface area contributed by atoms with Gasteiger partial charge in [0.1, 0.15) is 36.4 Å². The number of aliphatic carboxylic acids is 1. The van der Waals surface area contributed by atoms with Crippen LogP contribution < -0.4 is 69.0 Å². The van der Waals surface area contributed by atoms with E-state index >= 15 is 0 Å². The predicted molar refractivity (Wildman–Crippen MR) is 564 cm³/mol. The van der Waals surface area contributed by atoms with E-state index in [2.05, 4.69) is 143 Å². The molecule has 1 amide bonds. The number of carboxylic acids is 1. The van der Waals surface area contributed by atoms with Crippen molar-refractivity contribution < 1.29 is 166 Å². The number of hydrogen-bond acceptors (Lipinski definition) is 32. The molecule has 820 valence electrons. The first-order chi connectivity index (χ1) is 68.0. The number of carbonyl (C=O) groups is 4. The van der Waals surface area contributed by atoms with Crippen molar-refractivity contribution in [2.24, 2.45) is 23.5 Å². The summed E-state index contributed by atoms with van der Waals surface area (Å²) in [4.78, 5) is 51.0. The molecule has 0 heterocycles. The third-order valence-corrected chi connectivity index (χ3v) is 24.5. The van der Waals surface area contributed by atoms with Crippen molar-refractivity contribution in [3.05, 3.63) is 176 Å². The van der Waals surface area contributed by atoms with Crippen LogP contribution in [0, 0.1) is 29.1 Å². The van der Waals surface area contributed by atoms with Crippen molar-refractivity contribution in [2.45, 2.75) is 208 Å². The Kier molecular flexibility index (Phi) is 78.2. The maximum Gasteiger partial charge on any atom is 1.00 e. The normalized spacial score (nSPS) is 12.3. The van der Waals surface area contributed by atoms with Crippen LogP contribution in [0.15, 0.2) is 109 Å². The Hall–Kier alpha value is -7.79. The zero-order valence-electron chi connectivity index (χ0n) is 91.9. The van der Waals surface area contributed by atoms with Gasteiger partial charge in [-0.2, -0.15) is 5.26 Å². The topological polar surface area (TPSA) is 470 Å². The molecule has 0 spiro atoms. The van der Waals surface area contributed by atoms with Gasteiger partial charge >= 0.3 is 47.5 Å². The summed E-state index contributed by atoms with van der Waals surface area (Å²) in [7, 11) is 22.5. The second-order valence-corrected chi connectivity index (χ2v) is 37.9. The molecule has 12 N–H and O–H groups in total. The summed E-state index contributed by atoms with van der Waals surface area (Å²) < 4.78 is 75.9. The van der Waals surface area contributed by atoms with Crippen LogP contribution in [-0.4, -0.2) is 319 Å². The van der Waals surface area contributed by atoms with Crippen molar-refractivity contribution in [2.75, 3.05) is 223 Å². The first kappa shape index (κ1) is 141. The van der Waals surface area contributed by atoms with E-state index in [0.29, 0.717) is 87.5 Å². The van der Waals surface area contributed by atoms with Crippen LogP contribution in [0.3, 0.4) is 0 Å². The quantitative estimate of drug-likeness (QED) is 0.00734. The molecule has 145 heavy (non-hydrogen) atoms. The zero-order chi connectivity index (χ0) is 108. The summed E-state index contributed by atoms with van der Waals surface area (Å²) in [5.74, 6) is 3.40. The molecule has 34 nitrogen and oxygen atoms in total. The summed E-state index contributed by atoms with van der Waals surface area (Å²) in [6.45, 7) is 32.4. The number of likely N-dealkylation sites (N-methyl/N-ethyl adjacent to an activating group) is 3. The maximum absolute atomic E-state index is 12.6. The van der Waals surface area contributed by atoms with Crippen molar-refractivity contribution in [3.63, 3.8) is 0 Å². The van der Waals surface area contributed by atoms with Crippen molar-refractivity contribution in [1.29, 1.82) is 5.26 Å². The Bertz CT molecular complexity index is 4500. The number of nitrogens with zero attached hydrogens (tertiary/aromatic N) is 4. The van der Waals surface area contributed by atoms with Gasteiger partial charge < -0.3 is 143 Å². The van der Waals surface area contributed by atoms with Gasteiger partial charge in [0.05, 0.1) is 147 Å². The molecule has 0 saturated carbocycles. The second kappa shape index (κ2) is 80.2. The van der Waals surface area contributed by atoms with Crippen LogP contribution in [0.5, 0.6) is 34.5 Å². The second-order valence-electron chi connectivity index (χ2n) is 37.3. The third kappa shape index (κ3) is 55.5. The molecule has 0 radical (unpaired) electrons. The number of hydrogen-bond donors (Lipinski definition) is 10. The van der Waals surface area contributed by atoms with Gasteiger partial charge in [0.2, 0.25) is 5.91 Å². The van der Waals surface area contributed by atoms with Crippen LogP contribution in [0.2, 0.25) is 0 Å². The minimum Gasteiger partial charge on any atom is -0.870 e. The number of alkyl halides is 1. The van der Waals surface area contributed by atoms with Gasteiger partial charge in [0.15, 0.2) is 34.5 Å². The van der Waals surface area contributed by atoms with E-state index in [9.17, 15) is 55.1 Å². The molecule has 6 aromatic rings. The number of nitriles is 1. The fraction of sp³-hybridized carbons (Fsp3) is 0.624. The van der Waals surface area contributed by atoms with E-state index in [0.717, 1.165) is 159 Å². The van der Waals surface area contributed by atoms with E-state index < -0.39 is 17.0 Å². The molecule has 0 aliphatic heterocycles. The average molecular weight is 2120 g/mol. The number of methoxy groups -OCH3 is 10. The van der Waals surface area contributed by atoms with Gasteiger partial charge in [-0.25, -0.2) is 9.59 Å². The molecule has 36 heteroatoms. The smallest absolute Gasteiger partial charge is 0.870 e. The largest absolute Gasteiger partial charge is 1.00 e. The first-order valence-electron chi connectivity index (χ1n) is 48.6. The predicted octanol–water partition coefficient (Wildman–Crippen LogP) is 9.77. The number of benzene rings is 6. The molecule has 6 rings (SSSR count). The molecular formula is C109H178BrN6NaO28. The molecular weight excluding hydrogens is 1940 g/mol.